The summed E-state index contributed by atoms with van der Waals surface area (Å²) in [6.07, 6.45) is 4.53. The van der Waals surface area contributed by atoms with E-state index in [0.29, 0.717) is 25.9 Å². The second-order valence-electron chi connectivity index (χ2n) is 6.86. The fourth-order valence-corrected chi connectivity index (χ4v) is 5.26. The summed E-state index contributed by atoms with van der Waals surface area (Å²) in [5.41, 5.74) is 0.873. The molecule has 1 aliphatic rings. The van der Waals surface area contributed by atoms with Crippen LogP contribution in [-0.4, -0.2) is 36.2 Å². The summed E-state index contributed by atoms with van der Waals surface area (Å²) in [6.45, 7) is 0.674. The highest BCUT2D eigenvalue weighted by Gasteiger charge is 2.39. The van der Waals surface area contributed by atoms with Crippen molar-refractivity contribution in [2.45, 2.75) is 30.3 Å². The number of rotatable bonds is 5. The molecule has 0 aliphatic carbocycles. The Kier molecular flexibility index (Phi) is 5.11. The molecule has 0 saturated carbocycles. The summed E-state index contributed by atoms with van der Waals surface area (Å²) in [6, 6.07) is 15.7. The Balaban J connectivity index is 1.54. The topological polar surface area (TPSA) is 79.4 Å². The van der Waals surface area contributed by atoms with Gasteiger partial charge in [0.15, 0.2) is 0 Å². The largest absolute Gasteiger partial charge is 0.351 e. The Morgan fingerprint density at radius 3 is 2.71 bits per heavy atom. The second-order valence-corrected chi connectivity index (χ2v) is 8.75. The molecule has 1 atom stereocenters. The van der Waals surface area contributed by atoms with E-state index in [1.807, 2.05) is 30.3 Å². The van der Waals surface area contributed by atoms with Crippen molar-refractivity contribution in [1.29, 1.82) is 0 Å². The van der Waals surface area contributed by atoms with Crippen molar-refractivity contribution in [3.63, 3.8) is 0 Å². The first-order chi connectivity index (χ1) is 13.6. The Labute approximate surface area is 164 Å². The number of sulfonamides is 1. The van der Waals surface area contributed by atoms with Crippen molar-refractivity contribution in [2.75, 3.05) is 6.54 Å². The van der Waals surface area contributed by atoms with Gasteiger partial charge in [0.1, 0.15) is 6.04 Å². The van der Waals surface area contributed by atoms with E-state index in [1.165, 1.54) is 4.31 Å². The number of hydrogen-bond acceptors (Lipinski definition) is 4. The molecule has 1 aliphatic heterocycles. The number of aromatic nitrogens is 1. The molecule has 144 valence electrons. The number of pyridine rings is 1. The van der Waals surface area contributed by atoms with Gasteiger partial charge in [0, 0.05) is 25.5 Å². The van der Waals surface area contributed by atoms with E-state index in [0.717, 1.165) is 16.3 Å². The Morgan fingerprint density at radius 2 is 1.93 bits per heavy atom. The molecule has 1 N–H and O–H groups in total. The van der Waals surface area contributed by atoms with Crippen molar-refractivity contribution in [2.24, 2.45) is 0 Å². The lowest BCUT2D eigenvalue weighted by molar-refractivity contribution is -0.124. The molecular weight excluding hydrogens is 374 g/mol. The predicted octanol–water partition coefficient (Wildman–Crippen LogP) is 2.70. The van der Waals surface area contributed by atoms with E-state index in [9.17, 15) is 13.2 Å². The molecule has 7 heteroatoms. The van der Waals surface area contributed by atoms with Crippen molar-refractivity contribution in [3.8, 4) is 0 Å². The highest BCUT2D eigenvalue weighted by molar-refractivity contribution is 7.89. The zero-order chi connectivity index (χ0) is 19.6. The summed E-state index contributed by atoms with van der Waals surface area (Å²) in [5, 5.41) is 4.68. The van der Waals surface area contributed by atoms with Gasteiger partial charge < -0.3 is 5.32 Å². The molecule has 2 heterocycles. The van der Waals surface area contributed by atoms with Crippen LogP contribution in [0.3, 0.4) is 0 Å². The molecule has 1 unspecified atom stereocenters. The highest BCUT2D eigenvalue weighted by atomic mass is 32.2. The van der Waals surface area contributed by atoms with Crippen LogP contribution < -0.4 is 5.32 Å². The molecule has 0 bridgehead atoms. The molecule has 1 amide bonds. The average molecular weight is 395 g/mol. The lowest BCUT2D eigenvalue weighted by atomic mass is 10.1. The number of nitrogens with zero attached hydrogens (tertiary/aromatic N) is 2. The third kappa shape index (κ3) is 3.63. The van der Waals surface area contributed by atoms with Crippen LogP contribution in [-0.2, 0) is 21.4 Å². The van der Waals surface area contributed by atoms with E-state index in [1.54, 1.807) is 36.7 Å². The van der Waals surface area contributed by atoms with Gasteiger partial charge in [-0.05, 0) is 47.4 Å². The number of amides is 1. The van der Waals surface area contributed by atoms with Gasteiger partial charge in [0.2, 0.25) is 15.9 Å². The van der Waals surface area contributed by atoms with Crippen LogP contribution in [0.1, 0.15) is 18.4 Å². The highest BCUT2D eigenvalue weighted by Crippen LogP contribution is 2.28. The van der Waals surface area contributed by atoms with Gasteiger partial charge in [-0.3, -0.25) is 9.78 Å². The lowest BCUT2D eigenvalue weighted by Gasteiger charge is -2.23. The minimum atomic E-state index is -3.75. The molecule has 1 saturated heterocycles. The number of nitrogens with one attached hydrogen (secondary N) is 1. The summed E-state index contributed by atoms with van der Waals surface area (Å²) >= 11 is 0. The molecule has 0 spiro atoms. The quantitative estimate of drug-likeness (QED) is 0.720. The summed E-state index contributed by atoms with van der Waals surface area (Å²) in [7, 11) is -3.75. The van der Waals surface area contributed by atoms with Gasteiger partial charge in [-0.15, -0.1) is 0 Å². The smallest absolute Gasteiger partial charge is 0.243 e. The first-order valence-electron chi connectivity index (χ1n) is 9.23. The number of hydrogen-bond donors (Lipinski definition) is 1. The summed E-state index contributed by atoms with van der Waals surface area (Å²) < 4.78 is 27.7. The number of fused-ring (bicyclic) bond motifs is 1. The van der Waals surface area contributed by atoms with Crippen LogP contribution in [0.5, 0.6) is 0 Å². The number of carbonyl (C=O) groups is 1. The van der Waals surface area contributed by atoms with E-state index >= 15 is 0 Å². The normalized spacial score (nSPS) is 17.6. The van der Waals surface area contributed by atoms with Crippen LogP contribution in [0, 0.1) is 0 Å². The number of carbonyl (C=O) groups excluding carboxylic acids is 1. The van der Waals surface area contributed by atoms with Gasteiger partial charge in [-0.25, -0.2) is 8.42 Å². The maximum atomic E-state index is 13.2. The van der Waals surface area contributed by atoms with E-state index in [4.69, 9.17) is 0 Å². The molecule has 0 radical (unpaired) electrons. The van der Waals surface area contributed by atoms with E-state index in [2.05, 4.69) is 10.3 Å². The van der Waals surface area contributed by atoms with Gasteiger partial charge >= 0.3 is 0 Å². The van der Waals surface area contributed by atoms with Crippen molar-refractivity contribution < 1.29 is 13.2 Å². The van der Waals surface area contributed by atoms with Gasteiger partial charge in [-0.2, -0.15) is 4.31 Å². The van der Waals surface area contributed by atoms with Crippen molar-refractivity contribution >= 4 is 26.7 Å². The average Bonchev–Trinajstić information content (AvgIpc) is 3.23. The van der Waals surface area contributed by atoms with E-state index < -0.39 is 16.1 Å². The van der Waals surface area contributed by atoms with Gasteiger partial charge in [0.05, 0.1) is 4.90 Å². The van der Waals surface area contributed by atoms with Crippen LogP contribution in [0.2, 0.25) is 0 Å². The molecule has 28 heavy (non-hydrogen) atoms. The molecule has 6 nitrogen and oxygen atoms in total. The predicted molar refractivity (Wildman–Crippen MR) is 107 cm³/mol. The van der Waals surface area contributed by atoms with E-state index in [-0.39, 0.29) is 10.8 Å². The number of benzene rings is 2. The molecule has 4 rings (SSSR count). The standard InChI is InChI=1S/C21H21N3O3S/c25-21(23-15-16-5-3-11-22-14-16)20-8-4-12-24(20)28(26,27)19-10-9-17-6-1-2-7-18(17)13-19/h1-3,5-7,9-11,13-14,20H,4,8,12,15H2,(H,23,25). The van der Waals surface area contributed by atoms with Crippen LogP contribution >= 0.6 is 0 Å². The zero-order valence-electron chi connectivity index (χ0n) is 15.3. The van der Waals surface area contributed by atoms with Crippen LogP contribution in [0.15, 0.2) is 71.9 Å². The third-order valence-corrected chi connectivity index (χ3v) is 6.93. The lowest BCUT2D eigenvalue weighted by Crippen LogP contribution is -2.45. The first kappa shape index (κ1) is 18.6. The minimum Gasteiger partial charge on any atom is -0.351 e. The SMILES string of the molecule is O=C(NCc1cccnc1)C1CCCN1S(=O)(=O)c1ccc2ccccc2c1. The molecule has 3 aromatic rings. The van der Waals surface area contributed by atoms with Crippen molar-refractivity contribution in [3.05, 3.63) is 72.6 Å². The molecule has 2 aromatic carbocycles. The Hall–Kier alpha value is -2.77. The third-order valence-electron chi connectivity index (χ3n) is 5.02. The zero-order valence-corrected chi connectivity index (χ0v) is 16.1. The molecule has 1 fully saturated rings. The van der Waals surface area contributed by atoms with Crippen molar-refractivity contribution in [1.82, 2.24) is 14.6 Å². The van der Waals surface area contributed by atoms with Gasteiger partial charge in [0.25, 0.3) is 0 Å². The van der Waals surface area contributed by atoms with Crippen LogP contribution in [0.25, 0.3) is 10.8 Å². The Bertz CT molecular complexity index is 1100. The molecular formula is C21H21N3O3S. The fourth-order valence-electron chi connectivity index (χ4n) is 3.56. The van der Waals surface area contributed by atoms with Crippen LogP contribution in [0.4, 0.5) is 0 Å². The summed E-state index contributed by atoms with van der Waals surface area (Å²) in [5.74, 6) is -0.272. The Morgan fingerprint density at radius 1 is 1.11 bits per heavy atom. The fraction of sp³-hybridized carbons (Fsp3) is 0.238. The monoisotopic (exact) mass is 395 g/mol. The maximum absolute atomic E-state index is 13.2. The minimum absolute atomic E-state index is 0.221. The molecule has 1 aromatic heterocycles. The van der Waals surface area contributed by atoms with Gasteiger partial charge in [-0.1, -0.05) is 36.4 Å². The second kappa shape index (κ2) is 7.69. The first-order valence-corrected chi connectivity index (χ1v) is 10.7. The maximum Gasteiger partial charge on any atom is 0.243 e. The summed E-state index contributed by atoms with van der Waals surface area (Å²) in [4.78, 5) is 16.9.